The van der Waals surface area contributed by atoms with Crippen molar-refractivity contribution in [3.05, 3.63) is 12.7 Å². The van der Waals surface area contributed by atoms with Crippen molar-refractivity contribution in [3.63, 3.8) is 0 Å². The highest BCUT2D eigenvalue weighted by atomic mass is 16.8. The van der Waals surface area contributed by atoms with Crippen LogP contribution in [0.1, 0.15) is 13.8 Å². The molecule has 1 N–H and O–H groups in total. The minimum atomic E-state index is -0.372. The summed E-state index contributed by atoms with van der Waals surface area (Å²) in [5.74, 6) is 0.0897. The highest BCUT2D eigenvalue weighted by molar-refractivity contribution is 5.85. The third-order valence-corrected chi connectivity index (χ3v) is 0.952. The number of carbonyl (C=O) groups excluding carboxylic acids is 1. The Morgan fingerprint density at radius 1 is 1.67 bits per heavy atom. The van der Waals surface area contributed by atoms with E-state index in [4.69, 9.17) is 4.74 Å². The molecule has 0 aliphatic rings. The predicted molar refractivity (Wildman–Crippen MR) is 45.1 cm³/mol. The zero-order chi connectivity index (χ0) is 9.40. The Hall–Kier alpha value is -0.870. The first kappa shape index (κ1) is 11.1. The van der Waals surface area contributed by atoms with Crippen molar-refractivity contribution in [1.29, 1.82) is 0 Å². The number of ether oxygens (including phenoxy) is 1. The Balaban J connectivity index is 3.11. The van der Waals surface area contributed by atoms with Gasteiger partial charge in [-0.3, -0.25) is 4.79 Å². The Morgan fingerprint density at radius 3 is 2.83 bits per heavy atom. The van der Waals surface area contributed by atoms with Gasteiger partial charge in [0.25, 0.3) is 5.91 Å². The van der Waals surface area contributed by atoms with Crippen LogP contribution in [0.25, 0.3) is 0 Å². The summed E-state index contributed by atoms with van der Waals surface area (Å²) in [6.07, 6.45) is 1.13. The van der Waals surface area contributed by atoms with Gasteiger partial charge in [-0.25, -0.2) is 10.3 Å². The molecule has 0 aromatic carbocycles. The van der Waals surface area contributed by atoms with Crippen molar-refractivity contribution in [2.75, 3.05) is 13.4 Å². The normalized spacial score (nSPS) is 9.92. The summed E-state index contributed by atoms with van der Waals surface area (Å²) < 4.78 is 5.02. The molecule has 0 radical (unpaired) electrons. The number of hydrogen-bond acceptors (Lipinski definition) is 3. The number of carbonyl (C=O) groups is 1. The molecule has 4 heteroatoms. The first-order valence-corrected chi connectivity index (χ1v) is 3.78. The van der Waals surface area contributed by atoms with Crippen LogP contribution in [0, 0.1) is 5.92 Å². The Labute approximate surface area is 72.5 Å². The van der Waals surface area contributed by atoms with Crippen LogP contribution < -0.4 is 5.48 Å². The molecule has 0 aliphatic carbocycles. The predicted octanol–water partition coefficient (Wildman–Crippen LogP) is 0.850. The van der Waals surface area contributed by atoms with E-state index in [0.29, 0.717) is 12.5 Å². The topological polar surface area (TPSA) is 47.6 Å². The largest absolute Gasteiger partial charge is 0.353 e. The summed E-state index contributed by atoms with van der Waals surface area (Å²) >= 11 is 0. The van der Waals surface area contributed by atoms with Gasteiger partial charge < -0.3 is 4.74 Å². The van der Waals surface area contributed by atoms with E-state index in [1.807, 2.05) is 13.8 Å². The summed E-state index contributed by atoms with van der Waals surface area (Å²) in [6, 6.07) is 0. The SMILES string of the molecule is C=CC(=O)NOCOCC(C)C. The lowest BCUT2D eigenvalue weighted by molar-refractivity contribution is -0.144. The summed E-state index contributed by atoms with van der Waals surface area (Å²) in [5, 5.41) is 0. The van der Waals surface area contributed by atoms with E-state index in [1.54, 1.807) is 0 Å². The van der Waals surface area contributed by atoms with Gasteiger partial charge in [-0.1, -0.05) is 20.4 Å². The van der Waals surface area contributed by atoms with Gasteiger partial charge >= 0.3 is 0 Å². The number of rotatable bonds is 6. The van der Waals surface area contributed by atoms with E-state index in [0.717, 1.165) is 6.08 Å². The molecule has 0 unspecified atom stereocenters. The van der Waals surface area contributed by atoms with Crippen LogP contribution in [-0.4, -0.2) is 19.3 Å². The van der Waals surface area contributed by atoms with E-state index in [-0.39, 0.29) is 12.7 Å². The molecule has 0 rings (SSSR count). The van der Waals surface area contributed by atoms with Crippen LogP contribution >= 0.6 is 0 Å². The van der Waals surface area contributed by atoms with Crippen molar-refractivity contribution in [2.24, 2.45) is 5.92 Å². The molecule has 0 aromatic heterocycles. The zero-order valence-electron chi connectivity index (χ0n) is 7.50. The Kier molecular flexibility index (Phi) is 6.32. The maximum Gasteiger partial charge on any atom is 0.267 e. The fourth-order valence-electron chi connectivity index (χ4n) is 0.468. The first-order valence-electron chi connectivity index (χ1n) is 3.78. The molecular formula is C8H15NO3. The highest BCUT2D eigenvalue weighted by Crippen LogP contribution is 1.91. The quantitative estimate of drug-likeness (QED) is 0.280. The molecule has 0 aromatic rings. The maximum atomic E-state index is 10.5. The molecule has 0 atom stereocenters. The second-order valence-corrected chi connectivity index (χ2v) is 2.70. The summed E-state index contributed by atoms with van der Waals surface area (Å²) in [5.41, 5.74) is 2.12. The van der Waals surface area contributed by atoms with E-state index in [2.05, 4.69) is 16.9 Å². The third-order valence-electron chi connectivity index (χ3n) is 0.952. The smallest absolute Gasteiger partial charge is 0.267 e. The van der Waals surface area contributed by atoms with E-state index >= 15 is 0 Å². The molecule has 0 heterocycles. The maximum absolute atomic E-state index is 10.5. The molecule has 0 saturated carbocycles. The molecule has 0 spiro atoms. The Morgan fingerprint density at radius 2 is 2.33 bits per heavy atom. The first-order chi connectivity index (χ1) is 5.66. The molecule has 4 nitrogen and oxygen atoms in total. The lowest BCUT2D eigenvalue weighted by atomic mass is 10.2. The number of amides is 1. The van der Waals surface area contributed by atoms with Crippen molar-refractivity contribution < 1.29 is 14.4 Å². The lowest BCUT2D eigenvalue weighted by Crippen LogP contribution is -2.23. The van der Waals surface area contributed by atoms with Crippen LogP contribution in [0.4, 0.5) is 0 Å². The number of hydroxylamine groups is 1. The molecule has 12 heavy (non-hydrogen) atoms. The van der Waals surface area contributed by atoms with Gasteiger partial charge in [0.15, 0.2) is 6.79 Å². The standard InChI is InChI=1S/C8H15NO3/c1-4-8(10)9-12-6-11-5-7(2)3/h4,7H,1,5-6H2,2-3H3,(H,9,10). The average molecular weight is 173 g/mol. The summed E-state index contributed by atoms with van der Waals surface area (Å²) in [4.78, 5) is 15.1. The monoisotopic (exact) mass is 173 g/mol. The molecule has 0 saturated heterocycles. The van der Waals surface area contributed by atoms with Gasteiger partial charge in [0.1, 0.15) is 0 Å². The van der Waals surface area contributed by atoms with Gasteiger partial charge in [0.2, 0.25) is 0 Å². The minimum Gasteiger partial charge on any atom is -0.353 e. The lowest BCUT2D eigenvalue weighted by Gasteiger charge is -2.06. The van der Waals surface area contributed by atoms with Crippen LogP contribution in [-0.2, 0) is 14.4 Å². The van der Waals surface area contributed by atoms with Crippen LogP contribution in [0.5, 0.6) is 0 Å². The molecule has 0 bridgehead atoms. The van der Waals surface area contributed by atoms with Crippen molar-refractivity contribution in [3.8, 4) is 0 Å². The second kappa shape index (κ2) is 6.82. The molecule has 1 amide bonds. The van der Waals surface area contributed by atoms with E-state index < -0.39 is 0 Å². The van der Waals surface area contributed by atoms with Gasteiger partial charge in [0, 0.05) is 0 Å². The van der Waals surface area contributed by atoms with E-state index in [1.165, 1.54) is 0 Å². The summed E-state index contributed by atoms with van der Waals surface area (Å²) in [7, 11) is 0. The fourth-order valence-corrected chi connectivity index (χ4v) is 0.468. The third kappa shape index (κ3) is 7.24. The van der Waals surface area contributed by atoms with Gasteiger partial charge in [-0.05, 0) is 12.0 Å². The van der Waals surface area contributed by atoms with Crippen LogP contribution in [0.15, 0.2) is 12.7 Å². The minimum absolute atomic E-state index is 0.0672. The number of hydrogen-bond donors (Lipinski definition) is 1. The zero-order valence-corrected chi connectivity index (χ0v) is 7.50. The number of nitrogens with one attached hydrogen (secondary N) is 1. The molecular weight excluding hydrogens is 158 g/mol. The van der Waals surface area contributed by atoms with Crippen molar-refractivity contribution >= 4 is 5.91 Å². The van der Waals surface area contributed by atoms with E-state index in [9.17, 15) is 4.79 Å². The van der Waals surface area contributed by atoms with Crippen molar-refractivity contribution in [2.45, 2.75) is 13.8 Å². The van der Waals surface area contributed by atoms with Gasteiger partial charge in [0.05, 0.1) is 6.61 Å². The fraction of sp³-hybridized carbons (Fsp3) is 0.625. The summed E-state index contributed by atoms with van der Waals surface area (Å²) in [6.45, 7) is 8.00. The van der Waals surface area contributed by atoms with Crippen molar-refractivity contribution in [1.82, 2.24) is 5.48 Å². The molecule has 0 fully saturated rings. The molecule has 0 aliphatic heterocycles. The Bertz CT molecular complexity index is 145. The second-order valence-electron chi connectivity index (χ2n) is 2.70. The average Bonchev–Trinajstić information content (AvgIpc) is 2.03. The van der Waals surface area contributed by atoms with Gasteiger partial charge in [-0.15, -0.1) is 0 Å². The van der Waals surface area contributed by atoms with Crippen LogP contribution in [0.2, 0.25) is 0 Å². The molecule has 70 valence electrons. The van der Waals surface area contributed by atoms with Gasteiger partial charge in [-0.2, -0.15) is 0 Å². The highest BCUT2D eigenvalue weighted by Gasteiger charge is 1.94. The van der Waals surface area contributed by atoms with Crippen LogP contribution in [0.3, 0.4) is 0 Å².